The first-order chi connectivity index (χ1) is 14.8. The lowest BCUT2D eigenvalue weighted by molar-refractivity contribution is 0.0505. The van der Waals surface area contributed by atoms with Gasteiger partial charge in [-0.2, -0.15) is 9.67 Å². The molecule has 1 aromatic carbocycles. The molecule has 1 amide bonds. The highest BCUT2D eigenvalue weighted by molar-refractivity contribution is 5.72. The Morgan fingerprint density at radius 2 is 1.90 bits per heavy atom. The highest BCUT2D eigenvalue weighted by atomic mass is 16.6. The zero-order chi connectivity index (χ0) is 22.0. The topological polar surface area (TPSA) is 116 Å². The van der Waals surface area contributed by atoms with Crippen molar-refractivity contribution in [2.24, 2.45) is 0 Å². The summed E-state index contributed by atoms with van der Waals surface area (Å²) in [4.78, 5) is 21.0. The number of hydrogen-bond acceptors (Lipinski definition) is 8. The number of hydrogen-bond donors (Lipinski definition) is 2. The third-order valence-electron chi connectivity index (χ3n) is 5.00. The first-order valence-electron chi connectivity index (χ1n) is 10.3. The van der Waals surface area contributed by atoms with Gasteiger partial charge in [0.25, 0.3) is 0 Å². The summed E-state index contributed by atoms with van der Waals surface area (Å²) in [5.41, 5.74) is 1.54. The molecule has 2 aromatic heterocycles. The fourth-order valence-corrected chi connectivity index (χ4v) is 3.60. The van der Waals surface area contributed by atoms with Gasteiger partial charge in [-0.25, -0.2) is 9.78 Å². The average Bonchev–Trinajstić information content (AvgIpc) is 3.33. The number of anilines is 1. The van der Waals surface area contributed by atoms with Gasteiger partial charge < -0.3 is 20.1 Å². The first kappa shape index (κ1) is 20.8. The van der Waals surface area contributed by atoms with E-state index in [-0.39, 0.29) is 18.2 Å². The van der Waals surface area contributed by atoms with Crippen LogP contribution in [0.15, 0.2) is 30.5 Å². The lowest BCUT2D eigenvalue weighted by Crippen LogP contribution is -2.38. The minimum absolute atomic E-state index is 0.0579. The molecule has 2 atom stereocenters. The van der Waals surface area contributed by atoms with Gasteiger partial charge in [-0.3, -0.25) is 0 Å². The van der Waals surface area contributed by atoms with Crippen molar-refractivity contribution in [1.29, 1.82) is 0 Å². The Bertz CT molecular complexity index is 1060. The molecule has 1 saturated carbocycles. The van der Waals surface area contributed by atoms with Crippen molar-refractivity contribution in [3.8, 4) is 11.4 Å². The number of rotatable bonds is 5. The summed E-state index contributed by atoms with van der Waals surface area (Å²) in [6, 6.07) is 7.72. The standard InChI is InChI=1S/C21H27N7O3/c1-21(2,3)31-20(29)24-14-6-5-13(11-14)23-19-22-12-17-18(25-19)28(27-26-17)15-7-9-16(30-4)10-8-15/h7-10,12-14H,5-6,11H2,1-4H3,(H,24,29)(H,22,23,25)/t13-,14-/m0/s1. The number of amides is 1. The summed E-state index contributed by atoms with van der Waals surface area (Å²) in [5, 5.41) is 14.7. The van der Waals surface area contributed by atoms with E-state index in [0.717, 1.165) is 30.7 Å². The average molecular weight is 425 g/mol. The predicted octanol–water partition coefficient (Wildman–Crippen LogP) is 3.08. The second-order valence-electron chi connectivity index (χ2n) is 8.60. The van der Waals surface area contributed by atoms with E-state index >= 15 is 0 Å². The van der Waals surface area contributed by atoms with Crippen molar-refractivity contribution in [1.82, 2.24) is 30.3 Å². The summed E-state index contributed by atoms with van der Waals surface area (Å²) in [6.45, 7) is 5.56. The highest BCUT2D eigenvalue weighted by Gasteiger charge is 2.28. The zero-order valence-electron chi connectivity index (χ0n) is 18.1. The third-order valence-corrected chi connectivity index (χ3v) is 5.00. The van der Waals surface area contributed by atoms with Crippen LogP contribution >= 0.6 is 0 Å². The maximum absolute atomic E-state index is 12.0. The van der Waals surface area contributed by atoms with Crippen LogP contribution in [0.3, 0.4) is 0 Å². The molecule has 3 aromatic rings. The molecule has 2 heterocycles. The van der Waals surface area contributed by atoms with E-state index in [4.69, 9.17) is 9.47 Å². The lowest BCUT2D eigenvalue weighted by Gasteiger charge is -2.21. The van der Waals surface area contributed by atoms with Crippen LogP contribution in [-0.2, 0) is 4.74 Å². The number of nitrogens with one attached hydrogen (secondary N) is 2. The Labute approximate surface area is 180 Å². The SMILES string of the molecule is COc1ccc(-n2nnc3cnc(N[C@H]4CC[C@H](NC(=O)OC(C)(C)C)C4)nc32)cc1. The van der Waals surface area contributed by atoms with Crippen molar-refractivity contribution < 1.29 is 14.3 Å². The molecule has 0 saturated heterocycles. The minimum Gasteiger partial charge on any atom is -0.497 e. The Morgan fingerprint density at radius 3 is 2.61 bits per heavy atom. The normalized spacial score (nSPS) is 18.7. The van der Waals surface area contributed by atoms with Gasteiger partial charge in [-0.05, 0) is 64.3 Å². The number of methoxy groups -OCH3 is 1. The van der Waals surface area contributed by atoms with Gasteiger partial charge in [0.2, 0.25) is 5.95 Å². The van der Waals surface area contributed by atoms with Gasteiger partial charge in [0.05, 0.1) is 19.0 Å². The van der Waals surface area contributed by atoms with E-state index in [0.29, 0.717) is 17.1 Å². The summed E-state index contributed by atoms with van der Waals surface area (Å²) < 4.78 is 12.2. The van der Waals surface area contributed by atoms with Gasteiger partial charge in [-0.1, -0.05) is 5.21 Å². The van der Waals surface area contributed by atoms with E-state index in [9.17, 15) is 4.79 Å². The predicted molar refractivity (Wildman–Crippen MR) is 115 cm³/mol. The van der Waals surface area contributed by atoms with Gasteiger partial charge in [-0.15, -0.1) is 5.10 Å². The summed E-state index contributed by atoms with van der Waals surface area (Å²) >= 11 is 0. The fourth-order valence-electron chi connectivity index (χ4n) is 3.60. The molecule has 10 heteroatoms. The molecule has 4 rings (SSSR count). The smallest absolute Gasteiger partial charge is 0.407 e. The molecule has 0 spiro atoms. The minimum atomic E-state index is -0.509. The van der Waals surface area contributed by atoms with Crippen LogP contribution in [0, 0.1) is 0 Å². The molecule has 0 unspecified atom stereocenters. The summed E-state index contributed by atoms with van der Waals surface area (Å²) in [7, 11) is 1.63. The van der Waals surface area contributed by atoms with Crippen LogP contribution in [0.25, 0.3) is 16.9 Å². The largest absolute Gasteiger partial charge is 0.497 e. The number of carbonyl (C=O) groups excluding carboxylic acids is 1. The van der Waals surface area contributed by atoms with Crippen LogP contribution in [-0.4, -0.2) is 55.8 Å². The molecular weight excluding hydrogens is 398 g/mol. The van der Waals surface area contributed by atoms with E-state index < -0.39 is 5.60 Å². The van der Waals surface area contributed by atoms with Crippen molar-refractivity contribution in [3.05, 3.63) is 30.5 Å². The molecule has 10 nitrogen and oxygen atoms in total. The van der Waals surface area contributed by atoms with E-state index in [1.807, 2.05) is 45.0 Å². The number of nitrogens with zero attached hydrogens (tertiary/aromatic N) is 5. The van der Waals surface area contributed by atoms with E-state index in [2.05, 4.69) is 30.9 Å². The van der Waals surface area contributed by atoms with Crippen molar-refractivity contribution in [3.63, 3.8) is 0 Å². The lowest BCUT2D eigenvalue weighted by atomic mass is 10.2. The van der Waals surface area contributed by atoms with Crippen LogP contribution in [0.5, 0.6) is 5.75 Å². The summed E-state index contributed by atoms with van der Waals surface area (Å²) in [5.74, 6) is 1.27. The van der Waals surface area contributed by atoms with Crippen LogP contribution < -0.4 is 15.4 Å². The first-order valence-corrected chi connectivity index (χ1v) is 10.3. The number of aromatic nitrogens is 5. The van der Waals surface area contributed by atoms with Crippen LogP contribution in [0.2, 0.25) is 0 Å². The van der Waals surface area contributed by atoms with Gasteiger partial charge >= 0.3 is 6.09 Å². The third kappa shape index (κ3) is 5.01. The monoisotopic (exact) mass is 425 g/mol. The van der Waals surface area contributed by atoms with Gasteiger partial charge in [0.1, 0.15) is 11.4 Å². The number of ether oxygens (including phenoxy) is 2. The Morgan fingerprint density at radius 1 is 1.16 bits per heavy atom. The quantitative estimate of drug-likeness (QED) is 0.641. The van der Waals surface area contributed by atoms with E-state index in [1.165, 1.54) is 0 Å². The van der Waals surface area contributed by atoms with Crippen LogP contribution in [0.1, 0.15) is 40.0 Å². The Hall–Kier alpha value is -3.43. The molecule has 31 heavy (non-hydrogen) atoms. The highest BCUT2D eigenvalue weighted by Crippen LogP contribution is 2.24. The molecule has 0 aliphatic heterocycles. The van der Waals surface area contributed by atoms with Crippen LogP contribution in [0.4, 0.5) is 10.7 Å². The molecule has 2 N–H and O–H groups in total. The number of alkyl carbamates (subject to hydrolysis) is 1. The van der Waals surface area contributed by atoms with Gasteiger partial charge in [0, 0.05) is 12.1 Å². The zero-order valence-corrected chi connectivity index (χ0v) is 18.1. The van der Waals surface area contributed by atoms with Crippen molar-refractivity contribution >= 4 is 23.2 Å². The number of benzene rings is 1. The molecule has 1 fully saturated rings. The van der Waals surface area contributed by atoms with E-state index in [1.54, 1.807) is 18.0 Å². The second kappa shape index (κ2) is 8.37. The Balaban J connectivity index is 1.43. The maximum atomic E-state index is 12.0. The number of carbonyl (C=O) groups is 1. The molecule has 1 aliphatic carbocycles. The Kier molecular flexibility index (Phi) is 5.62. The molecule has 164 valence electrons. The molecular formula is C21H27N7O3. The van der Waals surface area contributed by atoms with Crippen molar-refractivity contribution in [2.75, 3.05) is 12.4 Å². The second-order valence-corrected chi connectivity index (χ2v) is 8.60. The molecule has 1 aliphatic rings. The molecule has 0 bridgehead atoms. The summed E-state index contributed by atoms with van der Waals surface area (Å²) in [6.07, 6.45) is 3.81. The maximum Gasteiger partial charge on any atom is 0.407 e. The molecule has 0 radical (unpaired) electrons. The van der Waals surface area contributed by atoms with Crippen molar-refractivity contribution in [2.45, 2.75) is 57.7 Å². The fraction of sp³-hybridized carbons (Fsp3) is 0.476. The van der Waals surface area contributed by atoms with Gasteiger partial charge in [0.15, 0.2) is 11.2 Å². The number of fused-ring (bicyclic) bond motifs is 1.